The van der Waals surface area contributed by atoms with Gasteiger partial charge in [0.25, 0.3) is 0 Å². The molecule has 0 radical (unpaired) electrons. The summed E-state index contributed by atoms with van der Waals surface area (Å²) >= 11 is 0. The maximum Gasteiger partial charge on any atom is 0.0428 e. The molecule has 88 valence electrons. The van der Waals surface area contributed by atoms with Gasteiger partial charge in [0.1, 0.15) is 0 Å². The van der Waals surface area contributed by atoms with E-state index in [0.717, 1.165) is 5.92 Å². The normalized spacial score (nSPS) is 25.2. The molecule has 2 rings (SSSR count). The maximum atomic E-state index is 2.59. The van der Waals surface area contributed by atoms with Crippen molar-refractivity contribution in [2.24, 2.45) is 5.92 Å². The Balaban J connectivity index is 2.41. The Morgan fingerprint density at radius 2 is 1.62 bits per heavy atom. The van der Waals surface area contributed by atoms with Gasteiger partial charge in [-0.15, -0.1) is 0 Å². The molecule has 0 amide bonds. The minimum atomic E-state index is 0.681. The smallest absolute Gasteiger partial charge is 0.0428 e. The van der Waals surface area contributed by atoms with Crippen molar-refractivity contribution >= 4 is 5.69 Å². The van der Waals surface area contributed by atoms with Crippen LogP contribution in [0.1, 0.15) is 37.0 Å². The van der Waals surface area contributed by atoms with Crippen LogP contribution in [0.3, 0.4) is 0 Å². The zero-order valence-corrected chi connectivity index (χ0v) is 11.2. The SMILES string of the molecule is Cc1cc(C)c(N2CCC(C)C2C)c(C)c1. The van der Waals surface area contributed by atoms with Crippen LogP contribution in [0.5, 0.6) is 0 Å². The first-order valence-corrected chi connectivity index (χ1v) is 6.35. The Hall–Kier alpha value is -0.980. The van der Waals surface area contributed by atoms with Crippen LogP contribution in [0.4, 0.5) is 5.69 Å². The highest BCUT2D eigenvalue weighted by Gasteiger charge is 2.28. The van der Waals surface area contributed by atoms with E-state index in [-0.39, 0.29) is 0 Å². The molecular weight excluding hydrogens is 194 g/mol. The van der Waals surface area contributed by atoms with Gasteiger partial charge >= 0.3 is 0 Å². The van der Waals surface area contributed by atoms with Crippen LogP contribution >= 0.6 is 0 Å². The van der Waals surface area contributed by atoms with Crippen LogP contribution in [-0.2, 0) is 0 Å². The van der Waals surface area contributed by atoms with Gasteiger partial charge in [-0.3, -0.25) is 0 Å². The van der Waals surface area contributed by atoms with E-state index in [1.165, 1.54) is 35.3 Å². The van der Waals surface area contributed by atoms with Gasteiger partial charge in [-0.2, -0.15) is 0 Å². The number of aryl methyl sites for hydroxylation is 3. The molecule has 16 heavy (non-hydrogen) atoms. The van der Waals surface area contributed by atoms with Crippen molar-refractivity contribution in [1.29, 1.82) is 0 Å². The van der Waals surface area contributed by atoms with Gasteiger partial charge in [-0.05, 0) is 51.2 Å². The van der Waals surface area contributed by atoms with E-state index in [1.54, 1.807) is 0 Å². The lowest BCUT2D eigenvalue weighted by Crippen LogP contribution is -2.30. The van der Waals surface area contributed by atoms with Crippen molar-refractivity contribution in [2.75, 3.05) is 11.4 Å². The van der Waals surface area contributed by atoms with E-state index in [0.29, 0.717) is 6.04 Å². The summed E-state index contributed by atoms with van der Waals surface area (Å²) in [5.41, 5.74) is 5.71. The quantitative estimate of drug-likeness (QED) is 0.690. The lowest BCUT2D eigenvalue weighted by molar-refractivity contribution is 0.545. The molecule has 1 heterocycles. The molecule has 1 saturated heterocycles. The van der Waals surface area contributed by atoms with Crippen molar-refractivity contribution < 1.29 is 0 Å². The van der Waals surface area contributed by atoms with Crippen molar-refractivity contribution in [2.45, 2.75) is 47.1 Å². The molecule has 1 aliphatic rings. The van der Waals surface area contributed by atoms with E-state index in [9.17, 15) is 0 Å². The zero-order valence-electron chi connectivity index (χ0n) is 11.2. The van der Waals surface area contributed by atoms with E-state index in [4.69, 9.17) is 0 Å². The van der Waals surface area contributed by atoms with Gasteiger partial charge in [-0.1, -0.05) is 24.6 Å². The lowest BCUT2D eigenvalue weighted by atomic mass is 10.0. The van der Waals surface area contributed by atoms with Gasteiger partial charge in [0.05, 0.1) is 0 Å². The predicted octanol–water partition coefficient (Wildman–Crippen LogP) is 3.85. The number of benzene rings is 1. The maximum absolute atomic E-state index is 2.59. The average molecular weight is 217 g/mol. The Bertz CT molecular complexity index is 371. The molecule has 0 spiro atoms. The molecule has 2 atom stereocenters. The van der Waals surface area contributed by atoms with E-state index < -0.39 is 0 Å². The number of rotatable bonds is 1. The first-order valence-electron chi connectivity index (χ1n) is 6.35. The summed E-state index contributed by atoms with van der Waals surface area (Å²) in [6.07, 6.45) is 1.33. The average Bonchev–Trinajstić information content (AvgIpc) is 2.48. The van der Waals surface area contributed by atoms with Crippen molar-refractivity contribution in [1.82, 2.24) is 0 Å². The molecule has 1 heteroatoms. The summed E-state index contributed by atoms with van der Waals surface area (Å²) in [6.45, 7) is 12.6. The van der Waals surface area contributed by atoms with Crippen molar-refractivity contribution in [3.63, 3.8) is 0 Å². The summed E-state index contributed by atoms with van der Waals surface area (Å²) in [4.78, 5) is 2.59. The molecule has 1 nitrogen and oxygen atoms in total. The minimum Gasteiger partial charge on any atom is -0.368 e. The molecule has 0 saturated carbocycles. The Labute approximate surface area is 99.5 Å². The van der Waals surface area contributed by atoms with Crippen LogP contribution in [-0.4, -0.2) is 12.6 Å². The number of hydrogen-bond donors (Lipinski definition) is 0. The fraction of sp³-hybridized carbons (Fsp3) is 0.600. The summed E-state index contributed by atoms with van der Waals surface area (Å²) in [5.74, 6) is 0.820. The second kappa shape index (κ2) is 4.12. The fourth-order valence-corrected chi connectivity index (χ4v) is 3.04. The lowest BCUT2D eigenvalue weighted by Gasteiger charge is -2.29. The monoisotopic (exact) mass is 217 g/mol. The Morgan fingerprint density at radius 3 is 2.06 bits per heavy atom. The molecule has 0 aromatic heterocycles. The van der Waals surface area contributed by atoms with Crippen LogP contribution in [0.25, 0.3) is 0 Å². The number of nitrogens with zero attached hydrogens (tertiary/aromatic N) is 1. The number of anilines is 1. The highest BCUT2D eigenvalue weighted by Crippen LogP contribution is 2.34. The first kappa shape index (κ1) is 11.5. The van der Waals surface area contributed by atoms with Crippen molar-refractivity contribution in [3.8, 4) is 0 Å². The number of hydrogen-bond acceptors (Lipinski definition) is 1. The van der Waals surface area contributed by atoms with E-state index >= 15 is 0 Å². The van der Waals surface area contributed by atoms with Crippen LogP contribution in [0.15, 0.2) is 12.1 Å². The van der Waals surface area contributed by atoms with Crippen molar-refractivity contribution in [3.05, 3.63) is 28.8 Å². The van der Waals surface area contributed by atoms with Crippen LogP contribution in [0, 0.1) is 26.7 Å². The van der Waals surface area contributed by atoms with Gasteiger partial charge in [0.2, 0.25) is 0 Å². The predicted molar refractivity (Wildman–Crippen MR) is 71.2 cm³/mol. The largest absolute Gasteiger partial charge is 0.368 e. The summed E-state index contributed by atoms with van der Waals surface area (Å²) < 4.78 is 0. The molecule has 1 aromatic carbocycles. The molecule has 1 aliphatic heterocycles. The third kappa shape index (κ3) is 1.83. The first-order chi connectivity index (χ1) is 7.50. The second-order valence-electron chi connectivity index (χ2n) is 5.45. The van der Waals surface area contributed by atoms with E-state index in [2.05, 4.69) is 51.7 Å². The molecule has 1 aromatic rings. The molecule has 0 N–H and O–H groups in total. The van der Waals surface area contributed by atoms with Gasteiger partial charge in [0.15, 0.2) is 0 Å². The zero-order chi connectivity index (χ0) is 11.9. The van der Waals surface area contributed by atoms with Crippen LogP contribution in [0.2, 0.25) is 0 Å². The molecule has 2 unspecified atom stereocenters. The third-order valence-electron chi connectivity index (χ3n) is 4.06. The standard InChI is InChI=1S/C15H23N/c1-10-8-12(3)15(13(4)9-10)16-7-6-11(2)14(16)5/h8-9,11,14H,6-7H2,1-5H3. The topological polar surface area (TPSA) is 3.24 Å². The Kier molecular flexibility index (Phi) is 2.96. The molecular formula is C15H23N. The summed E-state index contributed by atoms with van der Waals surface area (Å²) in [7, 11) is 0. The third-order valence-corrected chi connectivity index (χ3v) is 4.06. The highest BCUT2D eigenvalue weighted by molar-refractivity contribution is 5.61. The minimum absolute atomic E-state index is 0.681. The fourth-order valence-electron chi connectivity index (χ4n) is 3.04. The van der Waals surface area contributed by atoms with Gasteiger partial charge < -0.3 is 4.90 Å². The summed E-state index contributed by atoms with van der Waals surface area (Å²) in [5, 5.41) is 0. The highest BCUT2D eigenvalue weighted by atomic mass is 15.2. The Morgan fingerprint density at radius 1 is 1.06 bits per heavy atom. The van der Waals surface area contributed by atoms with E-state index in [1.807, 2.05) is 0 Å². The second-order valence-corrected chi connectivity index (χ2v) is 5.45. The molecule has 0 bridgehead atoms. The van der Waals surface area contributed by atoms with Gasteiger partial charge in [0, 0.05) is 18.3 Å². The van der Waals surface area contributed by atoms with Crippen LogP contribution < -0.4 is 4.90 Å². The van der Waals surface area contributed by atoms with Gasteiger partial charge in [-0.25, -0.2) is 0 Å². The molecule has 1 fully saturated rings. The summed E-state index contributed by atoms with van der Waals surface area (Å²) in [6, 6.07) is 5.29. The molecule has 0 aliphatic carbocycles.